The van der Waals surface area contributed by atoms with E-state index >= 15 is 0 Å². The van der Waals surface area contributed by atoms with Crippen LogP contribution in [0.2, 0.25) is 0 Å². The SMILES string of the molecule is CC1=C(N)SCN1c1ccccc1. The van der Waals surface area contributed by atoms with Gasteiger partial charge in [-0.25, -0.2) is 0 Å². The standard InChI is InChI=1S/C10H12N2S/c1-8-10(11)13-7-12(8)9-5-3-2-4-6-9/h2-6H,7,11H2,1H3. The monoisotopic (exact) mass is 192 g/mol. The molecule has 0 amide bonds. The predicted octanol–water partition coefficient (Wildman–Crippen LogP) is 2.35. The predicted molar refractivity (Wildman–Crippen MR) is 58.3 cm³/mol. The summed E-state index contributed by atoms with van der Waals surface area (Å²) in [6.45, 7) is 2.06. The molecule has 13 heavy (non-hydrogen) atoms. The van der Waals surface area contributed by atoms with E-state index in [0.29, 0.717) is 0 Å². The lowest BCUT2D eigenvalue weighted by atomic mass is 10.3. The topological polar surface area (TPSA) is 29.3 Å². The summed E-state index contributed by atoms with van der Waals surface area (Å²) in [7, 11) is 0. The maximum Gasteiger partial charge on any atom is 0.0869 e. The second-order valence-corrected chi connectivity index (χ2v) is 3.97. The third kappa shape index (κ3) is 1.52. The van der Waals surface area contributed by atoms with Crippen LogP contribution in [-0.2, 0) is 0 Å². The van der Waals surface area contributed by atoms with Crippen LogP contribution in [0.25, 0.3) is 0 Å². The summed E-state index contributed by atoms with van der Waals surface area (Å²) in [6.07, 6.45) is 0. The van der Waals surface area contributed by atoms with Gasteiger partial charge in [-0.1, -0.05) is 30.0 Å². The van der Waals surface area contributed by atoms with Gasteiger partial charge in [0.2, 0.25) is 0 Å². The maximum atomic E-state index is 5.81. The lowest BCUT2D eigenvalue weighted by Gasteiger charge is -2.18. The fraction of sp³-hybridized carbons (Fsp3) is 0.200. The smallest absolute Gasteiger partial charge is 0.0869 e. The van der Waals surface area contributed by atoms with Gasteiger partial charge < -0.3 is 10.6 Å². The third-order valence-electron chi connectivity index (χ3n) is 2.18. The van der Waals surface area contributed by atoms with Crippen LogP contribution in [-0.4, -0.2) is 5.88 Å². The van der Waals surface area contributed by atoms with Gasteiger partial charge in [0.1, 0.15) is 0 Å². The molecule has 0 atom stereocenters. The highest BCUT2D eigenvalue weighted by Crippen LogP contribution is 2.32. The number of allylic oxidation sites excluding steroid dienone is 1. The Bertz CT molecular complexity index is 332. The van der Waals surface area contributed by atoms with Crippen LogP contribution < -0.4 is 10.6 Å². The van der Waals surface area contributed by atoms with Crippen molar-refractivity contribution in [3.05, 3.63) is 41.1 Å². The van der Waals surface area contributed by atoms with E-state index in [1.54, 1.807) is 11.8 Å². The Morgan fingerprint density at radius 1 is 1.31 bits per heavy atom. The first-order chi connectivity index (χ1) is 6.29. The van der Waals surface area contributed by atoms with Gasteiger partial charge >= 0.3 is 0 Å². The molecular formula is C10H12N2S. The van der Waals surface area contributed by atoms with Crippen LogP contribution >= 0.6 is 11.8 Å². The van der Waals surface area contributed by atoms with Crippen LogP contribution in [0.1, 0.15) is 6.92 Å². The van der Waals surface area contributed by atoms with E-state index in [2.05, 4.69) is 24.0 Å². The zero-order valence-electron chi connectivity index (χ0n) is 7.53. The Balaban J connectivity index is 2.30. The number of thioether (sulfide) groups is 1. The molecule has 2 N–H and O–H groups in total. The normalized spacial score (nSPS) is 16.8. The minimum Gasteiger partial charge on any atom is -0.392 e. The van der Waals surface area contributed by atoms with E-state index in [9.17, 15) is 0 Å². The second-order valence-electron chi connectivity index (χ2n) is 2.99. The average molecular weight is 192 g/mol. The number of nitrogens with zero attached hydrogens (tertiary/aromatic N) is 1. The molecule has 1 aromatic rings. The largest absolute Gasteiger partial charge is 0.392 e. The first kappa shape index (κ1) is 8.51. The minimum absolute atomic E-state index is 0.932. The van der Waals surface area contributed by atoms with E-state index < -0.39 is 0 Å². The van der Waals surface area contributed by atoms with Crippen LogP contribution in [0.5, 0.6) is 0 Å². The summed E-state index contributed by atoms with van der Waals surface area (Å²) in [5.41, 5.74) is 8.19. The average Bonchev–Trinajstić information content (AvgIpc) is 2.49. The molecule has 0 aromatic heterocycles. The lowest BCUT2D eigenvalue weighted by Crippen LogP contribution is -2.16. The van der Waals surface area contributed by atoms with Crippen LogP contribution in [0.3, 0.4) is 0 Å². The van der Waals surface area contributed by atoms with Gasteiger partial charge in [-0.2, -0.15) is 0 Å². The zero-order chi connectivity index (χ0) is 9.26. The van der Waals surface area contributed by atoms with Crippen molar-refractivity contribution in [2.24, 2.45) is 5.73 Å². The lowest BCUT2D eigenvalue weighted by molar-refractivity contribution is 1.07. The summed E-state index contributed by atoms with van der Waals surface area (Å²) in [5.74, 6) is 0.932. The molecular weight excluding hydrogens is 180 g/mol. The molecule has 1 aliphatic heterocycles. The number of rotatable bonds is 1. The van der Waals surface area contributed by atoms with Crippen molar-refractivity contribution in [1.82, 2.24) is 0 Å². The molecule has 0 fully saturated rings. The van der Waals surface area contributed by atoms with E-state index in [4.69, 9.17) is 5.73 Å². The highest BCUT2D eigenvalue weighted by Gasteiger charge is 2.18. The number of nitrogens with two attached hydrogens (primary N) is 1. The molecule has 1 aliphatic rings. The van der Waals surface area contributed by atoms with Crippen LogP contribution in [0.15, 0.2) is 41.1 Å². The van der Waals surface area contributed by atoms with Gasteiger partial charge in [0.05, 0.1) is 10.9 Å². The molecule has 1 heterocycles. The second kappa shape index (κ2) is 3.34. The van der Waals surface area contributed by atoms with Crippen molar-refractivity contribution in [2.75, 3.05) is 10.8 Å². The molecule has 0 saturated carbocycles. The molecule has 0 saturated heterocycles. The van der Waals surface area contributed by atoms with Crippen molar-refractivity contribution in [1.29, 1.82) is 0 Å². The van der Waals surface area contributed by atoms with E-state index in [1.807, 2.05) is 18.2 Å². The number of anilines is 1. The zero-order valence-corrected chi connectivity index (χ0v) is 8.34. The van der Waals surface area contributed by atoms with Crippen molar-refractivity contribution in [2.45, 2.75) is 6.92 Å². The summed E-state index contributed by atoms with van der Waals surface area (Å²) in [6, 6.07) is 10.3. The summed E-state index contributed by atoms with van der Waals surface area (Å²) in [5, 5.41) is 0.934. The molecule has 0 radical (unpaired) electrons. The minimum atomic E-state index is 0.932. The Hall–Kier alpha value is -1.09. The number of para-hydroxylation sites is 1. The third-order valence-corrected chi connectivity index (χ3v) is 3.17. The summed E-state index contributed by atoms with van der Waals surface area (Å²) in [4.78, 5) is 2.22. The first-order valence-corrected chi connectivity index (χ1v) is 5.19. The highest BCUT2D eigenvalue weighted by molar-refractivity contribution is 8.03. The molecule has 0 spiro atoms. The molecule has 2 rings (SSSR count). The fourth-order valence-electron chi connectivity index (χ4n) is 1.34. The molecule has 3 heteroatoms. The van der Waals surface area contributed by atoms with E-state index in [0.717, 1.165) is 16.6 Å². The Morgan fingerprint density at radius 3 is 2.54 bits per heavy atom. The van der Waals surface area contributed by atoms with E-state index in [-0.39, 0.29) is 0 Å². The maximum absolute atomic E-state index is 5.81. The Kier molecular flexibility index (Phi) is 2.19. The first-order valence-electron chi connectivity index (χ1n) is 4.21. The van der Waals surface area contributed by atoms with Crippen molar-refractivity contribution in [3.63, 3.8) is 0 Å². The van der Waals surface area contributed by atoms with Gasteiger partial charge in [0, 0.05) is 11.4 Å². The molecule has 0 aliphatic carbocycles. The quantitative estimate of drug-likeness (QED) is 0.740. The number of benzene rings is 1. The van der Waals surface area contributed by atoms with Gasteiger partial charge in [-0.05, 0) is 19.1 Å². The van der Waals surface area contributed by atoms with Crippen molar-refractivity contribution >= 4 is 17.4 Å². The van der Waals surface area contributed by atoms with Gasteiger partial charge in [-0.3, -0.25) is 0 Å². The molecule has 2 nitrogen and oxygen atoms in total. The van der Waals surface area contributed by atoms with Crippen LogP contribution in [0, 0.1) is 0 Å². The molecule has 0 bridgehead atoms. The molecule has 1 aromatic carbocycles. The fourth-order valence-corrected chi connectivity index (χ4v) is 2.27. The summed E-state index contributed by atoms with van der Waals surface area (Å²) < 4.78 is 0. The molecule has 0 unspecified atom stereocenters. The van der Waals surface area contributed by atoms with Crippen LogP contribution in [0.4, 0.5) is 5.69 Å². The van der Waals surface area contributed by atoms with E-state index in [1.165, 1.54) is 5.69 Å². The number of hydrogen-bond donors (Lipinski definition) is 1. The number of hydrogen-bond acceptors (Lipinski definition) is 3. The Morgan fingerprint density at radius 2 is 2.00 bits per heavy atom. The van der Waals surface area contributed by atoms with Gasteiger partial charge in [0.15, 0.2) is 0 Å². The summed E-state index contributed by atoms with van der Waals surface area (Å²) >= 11 is 1.69. The van der Waals surface area contributed by atoms with Crippen molar-refractivity contribution < 1.29 is 0 Å². The Labute approximate surface area is 82.4 Å². The highest BCUT2D eigenvalue weighted by atomic mass is 32.2. The van der Waals surface area contributed by atoms with Gasteiger partial charge in [-0.15, -0.1) is 0 Å². The molecule has 68 valence electrons. The van der Waals surface area contributed by atoms with Crippen molar-refractivity contribution in [3.8, 4) is 0 Å². The van der Waals surface area contributed by atoms with Gasteiger partial charge in [0.25, 0.3) is 0 Å².